The standard InChI is InChI=1S/C16H23NO7S/c1-16(2,8-7-14(18)19)17-25(21,22)13-6-5-12(23-3)9-11(13)10-15(20)24-4/h5-6,9,17H,7-8,10H2,1-4H3,(H,18,19). The largest absolute Gasteiger partial charge is 0.497 e. The number of methoxy groups -OCH3 is 2. The number of esters is 1. The number of carbonyl (C=O) groups is 2. The molecular formula is C16H23NO7S. The van der Waals surface area contributed by atoms with Crippen LogP contribution in [0.1, 0.15) is 32.3 Å². The van der Waals surface area contributed by atoms with Crippen LogP contribution in [-0.2, 0) is 30.8 Å². The molecule has 0 atom stereocenters. The minimum atomic E-state index is -3.98. The number of ether oxygens (including phenoxy) is 2. The number of carbonyl (C=O) groups excluding carboxylic acids is 1. The van der Waals surface area contributed by atoms with Crippen LogP contribution in [-0.4, -0.2) is 45.2 Å². The van der Waals surface area contributed by atoms with Crippen molar-refractivity contribution in [3.8, 4) is 5.75 Å². The molecule has 9 heteroatoms. The van der Waals surface area contributed by atoms with Crippen LogP contribution in [0.5, 0.6) is 5.75 Å². The Labute approximate surface area is 147 Å². The van der Waals surface area contributed by atoms with Crippen LogP contribution in [0, 0.1) is 0 Å². The second kappa shape index (κ2) is 8.30. The van der Waals surface area contributed by atoms with E-state index in [1.165, 1.54) is 32.4 Å². The van der Waals surface area contributed by atoms with E-state index in [1.54, 1.807) is 13.8 Å². The number of nitrogens with one attached hydrogen (secondary N) is 1. The van der Waals surface area contributed by atoms with E-state index in [1.807, 2.05) is 0 Å². The molecule has 2 N–H and O–H groups in total. The maximum absolute atomic E-state index is 12.7. The fourth-order valence-corrected chi connectivity index (χ4v) is 3.86. The zero-order valence-corrected chi connectivity index (χ0v) is 15.5. The molecule has 0 unspecified atom stereocenters. The smallest absolute Gasteiger partial charge is 0.310 e. The Morgan fingerprint density at radius 2 is 1.88 bits per heavy atom. The van der Waals surface area contributed by atoms with Gasteiger partial charge in [-0.25, -0.2) is 13.1 Å². The van der Waals surface area contributed by atoms with Crippen molar-refractivity contribution in [1.29, 1.82) is 0 Å². The molecule has 25 heavy (non-hydrogen) atoms. The summed E-state index contributed by atoms with van der Waals surface area (Å²) in [5.41, 5.74) is -0.743. The highest BCUT2D eigenvalue weighted by Gasteiger charge is 2.29. The monoisotopic (exact) mass is 373 g/mol. The molecule has 1 rings (SSSR count). The van der Waals surface area contributed by atoms with Crippen LogP contribution >= 0.6 is 0 Å². The predicted octanol–water partition coefficient (Wildman–Crippen LogP) is 1.33. The van der Waals surface area contributed by atoms with Crippen molar-refractivity contribution in [2.45, 2.75) is 43.5 Å². The minimum Gasteiger partial charge on any atom is -0.497 e. The summed E-state index contributed by atoms with van der Waals surface area (Å²) in [6.45, 7) is 3.19. The van der Waals surface area contributed by atoms with Gasteiger partial charge in [0, 0.05) is 12.0 Å². The normalized spacial score (nSPS) is 11.8. The Balaban J connectivity index is 3.18. The molecule has 0 radical (unpaired) electrons. The highest BCUT2D eigenvalue weighted by Crippen LogP contribution is 2.25. The van der Waals surface area contributed by atoms with E-state index in [2.05, 4.69) is 9.46 Å². The number of hydrogen-bond acceptors (Lipinski definition) is 6. The highest BCUT2D eigenvalue weighted by molar-refractivity contribution is 7.89. The zero-order chi connectivity index (χ0) is 19.3. The van der Waals surface area contributed by atoms with E-state index in [0.29, 0.717) is 5.75 Å². The van der Waals surface area contributed by atoms with Crippen molar-refractivity contribution in [1.82, 2.24) is 4.72 Å². The molecule has 0 saturated heterocycles. The number of hydrogen-bond donors (Lipinski definition) is 2. The molecule has 0 spiro atoms. The Bertz CT molecular complexity index is 741. The molecule has 0 saturated carbocycles. The van der Waals surface area contributed by atoms with Gasteiger partial charge in [0.15, 0.2) is 0 Å². The summed E-state index contributed by atoms with van der Waals surface area (Å²) in [5, 5.41) is 8.78. The van der Waals surface area contributed by atoms with Gasteiger partial charge in [-0.15, -0.1) is 0 Å². The third kappa shape index (κ3) is 6.35. The third-order valence-electron chi connectivity index (χ3n) is 3.49. The van der Waals surface area contributed by atoms with E-state index in [-0.39, 0.29) is 29.7 Å². The van der Waals surface area contributed by atoms with Crippen LogP contribution in [0.25, 0.3) is 0 Å². The minimum absolute atomic E-state index is 0.0814. The molecule has 140 valence electrons. The lowest BCUT2D eigenvalue weighted by atomic mass is 10.0. The number of carboxylic acid groups (broad SMARTS) is 1. The Morgan fingerprint density at radius 1 is 1.24 bits per heavy atom. The molecule has 0 bridgehead atoms. The quantitative estimate of drug-likeness (QED) is 0.627. The van der Waals surface area contributed by atoms with Gasteiger partial charge in [-0.1, -0.05) is 0 Å². The van der Waals surface area contributed by atoms with Gasteiger partial charge in [-0.05, 0) is 44.0 Å². The molecule has 0 aromatic heterocycles. The van der Waals surface area contributed by atoms with Gasteiger partial charge in [-0.2, -0.15) is 0 Å². The van der Waals surface area contributed by atoms with E-state index in [0.717, 1.165) is 0 Å². The van der Waals surface area contributed by atoms with Crippen molar-refractivity contribution in [2.24, 2.45) is 0 Å². The van der Waals surface area contributed by atoms with Gasteiger partial charge < -0.3 is 14.6 Å². The second-order valence-corrected chi connectivity index (χ2v) is 7.76. The van der Waals surface area contributed by atoms with Crippen molar-refractivity contribution >= 4 is 22.0 Å². The average molecular weight is 373 g/mol. The van der Waals surface area contributed by atoms with Gasteiger partial charge >= 0.3 is 11.9 Å². The van der Waals surface area contributed by atoms with Crippen molar-refractivity contribution in [3.63, 3.8) is 0 Å². The van der Waals surface area contributed by atoms with Gasteiger partial charge in [0.25, 0.3) is 0 Å². The molecular weight excluding hydrogens is 350 g/mol. The maximum Gasteiger partial charge on any atom is 0.310 e. The first-order valence-electron chi connectivity index (χ1n) is 7.50. The molecule has 1 aromatic rings. The number of aliphatic carboxylic acids is 1. The van der Waals surface area contributed by atoms with Gasteiger partial charge in [0.1, 0.15) is 5.75 Å². The van der Waals surface area contributed by atoms with E-state index in [9.17, 15) is 18.0 Å². The summed E-state index contributed by atoms with van der Waals surface area (Å²) in [6, 6.07) is 4.27. The van der Waals surface area contributed by atoms with E-state index < -0.39 is 27.5 Å². The fourth-order valence-electron chi connectivity index (χ4n) is 2.20. The first-order chi connectivity index (χ1) is 11.5. The summed E-state index contributed by atoms with van der Waals surface area (Å²) >= 11 is 0. The van der Waals surface area contributed by atoms with Gasteiger partial charge in [0.05, 0.1) is 25.5 Å². The van der Waals surface area contributed by atoms with Crippen molar-refractivity contribution in [2.75, 3.05) is 14.2 Å². The van der Waals surface area contributed by atoms with Crippen LogP contribution in [0.4, 0.5) is 0 Å². The lowest BCUT2D eigenvalue weighted by molar-refractivity contribution is -0.140. The van der Waals surface area contributed by atoms with Crippen molar-refractivity contribution in [3.05, 3.63) is 23.8 Å². The molecule has 0 aliphatic rings. The summed E-state index contributed by atoms with van der Waals surface area (Å²) in [4.78, 5) is 22.2. The zero-order valence-electron chi connectivity index (χ0n) is 14.7. The molecule has 8 nitrogen and oxygen atoms in total. The van der Waals surface area contributed by atoms with Crippen LogP contribution in [0.3, 0.4) is 0 Å². The molecule has 1 aromatic carbocycles. The summed E-state index contributed by atoms with van der Waals surface area (Å²) in [7, 11) is -1.34. The maximum atomic E-state index is 12.7. The average Bonchev–Trinajstić information content (AvgIpc) is 2.51. The summed E-state index contributed by atoms with van der Waals surface area (Å²) in [5.74, 6) is -1.19. The second-order valence-electron chi connectivity index (χ2n) is 6.11. The lowest BCUT2D eigenvalue weighted by Crippen LogP contribution is -2.43. The molecule has 0 aliphatic carbocycles. The topological polar surface area (TPSA) is 119 Å². The number of carboxylic acids is 1. The number of sulfonamides is 1. The lowest BCUT2D eigenvalue weighted by Gasteiger charge is -2.26. The third-order valence-corrected chi connectivity index (χ3v) is 5.29. The van der Waals surface area contributed by atoms with Crippen LogP contribution < -0.4 is 9.46 Å². The number of rotatable bonds is 9. The SMILES string of the molecule is COC(=O)Cc1cc(OC)ccc1S(=O)(=O)NC(C)(C)CCC(=O)O. The Morgan fingerprint density at radius 3 is 2.40 bits per heavy atom. The summed E-state index contributed by atoms with van der Waals surface area (Å²) in [6.07, 6.45) is -0.295. The Kier molecular flexibility index (Phi) is 6.95. The Hall–Kier alpha value is -2.13. The van der Waals surface area contributed by atoms with E-state index >= 15 is 0 Å². The van der Waals surface area contributed by atoms with Gasteiger partial charge in [0.2, 0.25) is 10.0 Å². The van der Waals surface area contributed by atoms with Gasteiger partial charge in [-0.3, -0.25) is 9.59 Å². The first-order valence-corrected chi connectivity index (χ1v) is 8.98. The van der Waals surface area contributed by atoms with Crippen molar-refractivity contribution < 1.29 is 32.6 Å². The first kappa shape index (κ1) is 20.9. The highest BCUT2D eigenvalue weighted by atomic mass is 32.2. The molecule has 0 heterocycles. The van der Waals surface area contributed by atoms with E-state index in [4.69, 9.17) is 9.84 Å². The van der Waals surface area contributed by atoms with Crippen LogP contribution in [0.15, 0.2) is 23.1 Å². The molecule has 0 aliphatic heterocycles. The predicted molar refractivity (Wildman–Crippen MR) is 90.0 cm³/mol. The summed E-state index contributed by atoms with van der Waals surface area (Å²) < 4.78 is 37.6. The fraction of sp³-hybridized carbons (Fsp3) is 0.500. The molecule has 0 fully saturated rings. The van der Waals surface area contributed by atoms with Crippen LogP contribution in [0.2, 0.25) is 0 Å². The number of benzene rings is 1. The molecule has 0 amide bonds.